The highest BCUT2D eigenvalue weighted by molar-refractivity contribution is 5.86. The third kappa shape index (κ3) is 5.53. The molecule has 1 saturated heterocycles. The molecule has 0 bridgehead atoms. The van der Waals surface area contributed by atoms with Crippen LogP contribution in [0.15, 0.2) is 65.1 Å². The maximum absolute atomic E-state index is 13.3. The van der Waals surface area contributed by atoms with Gasteiger partial charge in [0.2, 0.25) is 0 Å². The highest BCUT2D eigenvalue weighted by Gasteiger charge is 2.20. The van der Waals surface area contributed by atoms with Crippen molar-refractivity contribution in [3.63, 3.8) is 0 Å². The molecule has 1 aromatic heterocycles. The van der Waals surface area contributed by atoms with Gasteiger partial charge in [0.25, 0.3) is 5.56 Å². The predicted molar refractivity (Wildman–Crippen MR) is 126 cm³/mol. The van der Waals surface area contributed by atoms with Gasteiger partial charge in [-0.05, 0) is 49.1 Å². The normalized spacial score (nSPS) is 18.4. The molecule has 1 fully saturated rings. The summed E-state index contributed by atoms with van der Waals surface area (Å²) in [6.45, 7) is 3.16. The highest BCUT2D eigenvalue weighted by Crippen LogP contribution is 2.19. The van der Waals surface area contributed by atoms with Crippen LogP contribution >= 0.6 is 0 Å². The molecular weight excluding hydrogens is 407 g/mol. The van der Waals surface area contributed by atoms with Crippen molar-refractivity contribution in [2.24, 2.45) is 0 Å². The topological polar surface area (TPSA) is 70.3 Å². The molecule has 7 heteroatoms. The maximum atomic E-state index is 13.3. The Kier molecular flexibility index (Phi) is 7.17. The Labute approximate surface area is 187 Å². The summed E-state index contributed by atoms with van der Waals surface area (Å²) in [6, 6.07) is 8.79. The molecule has 0 saturated carbocycles. The number of allylic oxidation sites excluding steroid dienone is 2. The molecule has 1 unspecified atom stereocenters. The van der Waals surface area contributed by atoms with E-state index in [1.165, 1.54) is 16.8 Å². The van der Waals surface area contributed by atoms with Crippen LogP contribution in [0.25, 0.3) is 5.69 Å². The van der Waals surface area contributed by atoms with E-state index < -0.39 is 6.17 Å². The van der Waals surface area contributed by atoms with Crippen molar-refractivity contribution in [2.75, 3.05) is 38.1 Å². The molecular formula is C25H29FN4O2. The van der Waals surface area contributed by atoms with Gasteiger partial charge in [-0.1, -0.05) is 18.2 Å². The molecule has 2 aromatic rings. The Balaban J connectivity index is 1.40. The molecule has 168 valence electrons. The Morgan fingerprint density at radius 2 is 2.16 bits per heavy atom. The smallest absolute Gasteiger partial charge is 0.258 e. The molecule has 1 aliphatic heterocycles. The number of hydrogen-bond acceptors (Lipinski definition) is 5. The zero-order valence-corrected chi connectivity index (χ0v) is 18.1. The Bertz CT molecular complexity index is 1080. The van der Waals surface area contributed by atoms with Crippen LogP contribution in [0.1, 0.15) is 24.8 Å². The molecule has 1 atom stereocenters. The zero-order chi connectivity index (χ0) is 22.3. The number of anilines is 1. The van der Waals surface area contributed by atoms with Crippen LogP contribution < -0.4 is 15.6 Å². The van der Waals surface area contributed by atoms with E-state index in [1.54, 1.807) is 12.3 Å². The van der Waals surface area contributed by atoms with E-state index in [2.05, 4.69) is 28.4 Å². The molecule has 0 spiro atoms. The van der Waals surface area contributed by atoms with E-state index >= 15 is 0 Å². The molecule has 0 amide bonds. The maximum Gasteiger partial charge on any atom is 0.258 e. The second-order valence-corrected chi connectivity index (χ2v) is 8.15. The highest BCUT2D eigenvalue weighted by atomic mass is 19.1. The van der Waals surface area contributed by atoms with Crippen molar-refractivity contribution in [1.82, 2.24) is 9.47 Å². The Morgan fingerprint density at radius 3 is 2.88 bits per heavy atom. The van der Waals surface area contributed by atoms with Gasteiger partial charge in [0, 0.05) is 61.6 Å². The summed E-state index contributed by atoms with van der Waals surface area (Å²) in [7, 11) is 0. The Hall–Kier alpha value is -3.19. The number of nitrogens with one attached hydrogen (secondary N) is 2. The van der Waals surface area contributed by atoms with Gasteiger partial charge in [0.05, 0.1) is 0 Å². The minimum absolute atomic E-state index is 0.192. The second-order valence-electron chi connectivity index (χ2n) is 8.15. The molecule has 2 aliphatic rings. The van der Waals surface area contributed by atoms with Gasteiger partial charge < -0.3 is 15.5 Å². The lowest BCUT2D eigenvalue weighted by atomic mass is 10.1. The number of benzene rings is 1. The summed E-state index contributed by atoms with van der Waals surface area (Å²) in [5, 5.41) is 11.1. The standard InChI is InChI=1S/C25H29FN4O2/c26-21-8-11-29(17-21)13-10-28-24-7-6-22(14-20(24)16-27)30-12-9-23(15-25(30)31)32-18-19-4-2-1-3-5-19/h2,4-7,9,12,14-16,21,27-28H,1,3,8,10-11,13,17-18H2. The lowest BCUT2D eigenvalue weighted by Crippen LogP contribution is -2.27. The quantitative estimate of drug-likeness (QED) is 0.584. The number of nitrogens with zero attached hydrogens (tertiary/aromatic N) is 2. The molecule has 2 N–H and O–H groups in total. The van der Waals surface area contributed by atoms with Crippen molar-refractivity contribution in [2.45, 2.75) is 25.4 Å². The molecule has 0 radical (unpaired) electrons. The fourth-order valence-electron chi connectivity index (χ4n) is 4.02. The van der Waals surface area contributed by atoms with Crippen LogP contribution in [0.3, 0.4) is 0 Å². The van der Waals surface area contributed by atoms with Crippen molar-refractivity contribution >= 4 is 11.9 Å². The van der Waals surface area contributed by atoms with Gasteiger partial charge >= 0.3 is 0 Å². The van der Waals surface area contributed by atoms with Crippen molar-refractivity contribution in [3.8, 4) is 11.4 Å². The number of rotatable bonds is 9. The van der Waals surface area contributed by atoms with Gasteiger partial charge in [0.15, 0.2) is 0 Å². The number of hydrogen-bond donors (Lipinski definition) is 2. The van der Waals surface area contributed by atoms with E-state index in [1.807, 2.05) is 18.2 Å². The first-order valence-corrected chi connectivity index (χ1v) is 11.1. The summed E-state index contributed by atoms with van der Waals surface area (Å²) in [6.07, 6.45) is 11.3. The monoisotopic (exact) mass is 436 g/mol. The van der Waals surface area contributed by atoms with E-state index in [0.717, 1.165) is 37.2 Å². The minimum atomic E-state index is -0.720. The fourth-order valence-corrected chi connectivity index (χ4v) is 4.02. The largest absolute Gasteiger partial charge is 0.489 e. The van der Waals surface area contributed by atoms with Crippen LogP contribution in [-0.2, 0) is 0 Å². The summed E-state index contributed by atoms with van der Waals surface area (Å²) in [4.78, 5) is 14.8. The number of ether oxygens (including phenoxy) is 1. The predicted octanol–water partition coefficient (Wildman–Crippen LogP) is 3.95. The Morgan fingerprint density at radius 1 is 1.25 bits per heavy atom. The first kappa shape index (κ1) is 22.0. The third-order valence-electron chi connectivity index (χ3n) is 5.80. The number of pyridine rings is 1. The van der Waals surface area contributed by atoms with E-state index in [9.17, 15) is 9.18 Å². The van der Waals surface area contributed by atoms with E-state index in [4.69, 9.17) is 10.1 Å². The van der Waals surface area contributed by atoms with E-state index in [-0.39, 0.29) is 5.56 Å². The second kappa shape index (κ2) is 10.4. The first-order chi connectivity index (χ1) is 15.6. The van der Waals surface area contributed by atoms with Gasteiger partial charge in [-0.2, -0.15) is 0 Å². The zero-order valence-electron chi connectivity index (χ0n) is 18.1. The summed E-state index contributed by atoms with van der Waals surface area (Å²) in [5.74, 6) is 0.536. The van der Waals surface area contributed by atoms with Crippen molar-refractivity contribution in [1.29, 1.82) is 5.41 Å². The molecule has 1 aliphatic carbocycles. The lowest BCUT2D eigenvalue weighted by molar-refractivity contribution is 0.295. The molecule has 1 aromatic carbocycles. The van der Waals surface area contributed by atoms with Crippen LogP contribution in [-0.4, -0.2) is 54.6 Å². The van der Waals surface area contributed by atoms with Gasteiger partial charge in [0.1, 0.15) is 18.5 Å². The van der Waals surface area contributed by atoms with E-state index in [0.29, 0.717) is 43.1 Å². The van der Waals surface area contributed by atoms with Crippen LogP contribution in [0, 0.1) is 5.41 Å². The summed E-state index contributed by atoms with van der Waals surface area (Å²) in [5.41, 5.74) is 3.12. The summed E-state index contributed by atoms with van der Waals surface area (Å²) >= 11 is 0. The average molecular weight is 437 g/mol. The summed E-state index contributed by atoms with van der Waals surface area (Å²) < 4.78 is 20.6. The molecule has 2 heterocycles. The lowest BCUT2D eigenvalue weighted by Gasteiger charge is -2.17. The van der Waals surface area contributed by atoms with Crippen LogP contribution in [0.2, 0.25) is 0 Å². The molecule has 6 nitrogen and oxygen atoms in total. The van der Waals surface area contributed by atoms with Crippen LogP contribution in [0.5, 0.6) is 5.75 Å². The minimum Gasteiger partial charge on any atom is -0.489 e. The van der Waals surface area contributed by atoms with Crippen molar-refractivity contribution in [3.05, 3.63) is 76.2 Å². The first-order valence-electron chi connectivity index (χ1n) is 11.1. The van der Waals surface area contributed by atoms with Gasteiger partial charge in [-0.25, -0.2) is 4.39 Å². The van der Waals surface area contributed by atoms with Gasteiger partial charge in [-0.15, -0.1) is 0 Å². The molecule has 32 heavy (non-hydrogen) atoms. The fraction of sp³-hybridized carbons (Fsp3) is 0.360. The SMILES string of the molecule is N=Cc1cc(-n2ccc(OCC3=CCCC=C3)cc2=O)ccc1NCCN1CCC(F)C1. The van der Waals surface area contributed by atoms with Crippen molar-refractivity contribution < 1.29 is 9.13 Å². The number of halogens is 1. The number of aromatic nitrogens is 1. The van der Waals surface area contributed by atoms with Crippen LogP contribution in [0.4, 0.5) is 10.1 Å². The average Bonchev–Trinajstić information content (AvgIpc) is 3.23. The molecule has 4 rings (SSSR count). The third-order valence-corrected chi connectivity index (χ3v) is 5.80. The van der Waals surface area contributed by atoms with Gasteiger partial charge in [-0.3, -0.25) is 14.3 Å². The number of likely N-dealkylation sites (tertiary alicyclic amines) is 1. The number of alkyl halides is 1.